The van der Waals surface area contributed by atoms with Crippen molar-refractivity contribution in [1.82, 2.24) is 10.5 Å². The molecule has 1 amide bonds. The molecule has 0 radical (unpaired) electrons. The fraction of sp³-hybridized carbons (Fsp3) is 0.143. The SMILES string of the molecule is O=C(Cc1ccc(OCc2ccccn2)cc1)NO. The summed E-state index contributed by atoms with van der Waals surface area (Å²) < 4.78 is 5.57. The lowest BCUT2D eigenvalue weighted by Crippen LogP contribution is -2.20. The standard InChI is InChI=1S/C14H14N2O3/c17-14(16-18)9-11-4-6-13(7-5-11)19-10-12-3-1-2-8-15-12/h1-8,18H,9-10H2,(H,16,17). The van der Waals surface area contributed by atoms with Gasteiger partial charge in [0.05, 0.1) is 12.1 Å². The summed E-state index contributed by atoms with van der Waals surface area (Å²) in [6.45, 7) is 0.400. The van der Waals surface area contributed by atoms with Gasteiger partial charge in [-0.25, -0.2) is 5.48 Å². The van der Waals surface area contributed by atoms with Crippen LogP contribution in [0.15, 0.2) is 48.7 Å². The minimum Gasteiger partial charge on any atom is -0.487 e. The highest BCUT2D eigenvalue weighted by Gasteiger charge is 2.02. The first kappa shape index (κ1) is 13.0. The Bertz CT molecular complexity index is 526. The highest BCUT2D eigenvalue weighted by molar-refractivity contribution is 5.77. The zero-order valence-electron chi connectivity index (χ0n) is 10.2. The highest BCUT2D eigenvalue weighted by atomic mass is 16.5. The van der Waals surface area contributed by atoms with Gasteiger partial charge < -0.3 is 4.74 Å². The van der Waals surface area contributed by atoms with Crippen LogP contribution in [0.25, 0.3) is 0 Å². The number of carbonyl (C=O) groups is 1. The molecule has 5 nitrogen and oxygen atoms in total. The molecule has 0 unspecified atom stereocenters. The predicted molar refractivity (Wildman–Crippen MR) is 68.6 cm³/mol. The van der Waals surface area contributed by atoms with Crippen LogP contribution in [0.3, 0.4) is 0 Å². The smallest absolute Gasteiger partial charge is 0.247 e. The molecule has 2 rings (SSSR count). The number of hydrogen-bond donors (Lipinski definition) is 2. The predicted octanol–water partition coefficient (Wildman–Crippen LogP) is 1.71. The molecule has 0 fully saturated rings. The van der Waals surface area contributed by atoms with E-state index in [4.69, 9.17) is 9.94 Å². The van der Waals surface area contributed by atoms with Gasteiger partial charge in [0.1, 0.15) is 12.4 Å². The van der Waals surface area contributed by atoms with E-state index < -0.39 is 5.91 Å². The molecule has 2 N–H and O–H groups in total. The monoisotopic (exact) mass is 258 g/mol. The minimum atomic E-state index is -0.442. The van der Waals surface area contributed by atoms with Crippen LogP contribution in [0.5, 0.6) is 5.75 Å². The van der Waals surface area contributed by atoms with Crippen molar-refractivity contribution in [1.29, 1.82) is 0 Å². The van der Waals surface area contributed by atoms with Gasteiger partial charge in [0.25, 0.3) is 0 Å². The van der Waals surface area contributed by atoms with Crippen LogP contribution in [0.2, 0.25) is 0 Å². The summed E-state index contributed by atoms with van der Waals surface area (Å²) in [6, 6.07) is 12.8. The van der Waals surface area contributed by atoms with Crippen LogP contribution >= 0.6 is 0 Å². The van der Waals surface area contributed by atoms with Crippen molar-refractivity contribution in [3.63, 3.8) is 0 Å². The van der Waals surface area contributed by atoms with Crippen LogP contribution < -0.4 is 10.2 Å². The number of nitrogens with one attached hydrogen (secondary N) is 1. The van der Waals surface area contributed by atoms with Gasteiger partial charge in [0.15, 0.2) is 0 Å². The second-order valence-corrected chi connectivity index (χ2v) is 3.97. The molecule has 0 bridgehead atoms. The van der Waals surface area contributed by atoms with Crippen LogP contribution in [-0.2, 0) is 17.8 Å². The molecule has 0 saturated carbocycles. The molecule has 0 saturated heterocycles. The van der Waals surface area contributed by atoms with Crippen molar-refractivity contribution in [2.45, 2.75) is 13.0 Å². The maximum absolute atomic E-state index is 11.0. The molecule has 2 aromatic rings. The van der Waals surface area contributed by atoms with Crippen molar-refractivity contribution in [2.75, 3.05) is 0 Å². The van der Waals surface area contributed by atoms with Gasteiger partial charge in [-0.05, 0) is 29.8 Å². The van der Waals surface area contributed by atoms with Gasteiger partial charge >= 0.3 is 0 Å². The maximum Gasteiger partial charge on any atom is 0.247 e. The van der Waals surface area contributed by atoms with Crippen LogP contribution in [-0.4, -0.2) is 16.1 Å². The number of benzene rings is 1. The second-order valence-electron chi connectivity index (χ2n) is 3.97. The van der Waals surface area contributed by atoms with Gasteiger partial charge in [0, 0.05) is 6.20 Å². The largest absolute Gasteiger partial charge is 0.487 e. The Balaban J connectivity index is 1.90. The minimum absolute atomic E-state index is 0.136. The Morgan fingerprint density at radius 3 is 2.63 bits per heavy atom. The molecule has 0 spiro atoms. The van der Waals surface area contributed by atoms with Gasteiger partial charge in [-0.15, -0.1) is 0 Å². The molecule has 1 aromatic heterocycles. The lowest BCUT2D eigenvalue weighted by atomic mass is 10.1. The van der Waals surface area contributed by atoms with Crippen molar-refractivity contribution >= 4 is 5.91 Å². The van der Waals surface area contributed by atoms with E-state index in [0.717, 1.165) is 11.3 Å². The van der Waals surface area contributed by atoms with Gasteiger partial charge in [0.2, 0.25) is 5.91 Å². The molecular formula is C14H14N2O3. The average Bonchev–Trinajstić information content (AvgIpc) is 2.47. The molecule has 1 aromatic carbocycles. The quantitative estimate of drug-likeness (QED) is 0.632. The molecular weight excluding hydrogens is 244 g/mol. The average molecular weight is 258 g/mol. The van der Waals surface area contributed by atoms with Gasteiger partial charge in [-0.1, -0.05) is 18.2 Å². The van der Waals surface area contributed by atoms with Crippen molar-refractivity contribution in [2.24, 2.45) is 0 Å². The number of ether oxygens (including phenoxy) is 1. The van der Waals surface area contributed by atoms with E-state index in [-0.39, 0.29) is 6.42 Å². The fourth-order valence-electron chi connectivity index (χ4n) is 1.57. The maximum atomic E-state index is 11.0. The Morgan fingerprint density at radius 2 is 2.00 bits per heavy atom. The third-order valence-electron chi connectivity index (χ3n) is 2.53. The van der Waals surface area contributed by atoms with E-state index in [9.17, 15) is 4.79 Å². The zero-order valence-corrected chi connectivity index (χ0v) is 10.2. The molecule has 0 aliphatic carbocycles. The topological polar surface area (TPSA) is 71.5 Å². The first-order valence-corrected chi connectivity index (χ1v) is 5.82. The summed E-state index contributed by atoms with van der Waals surface area (Å²) in [4.78, 5) is 15.1. The normalized spacial score (nSPS) is 9.95. The summed E-state index contributed by atoms with van der Waals surface area (Å²) in [7, 11) is 0. The number of carbonyl (C=O) groups excluding carboxylic acids is 1. The third kappa shape index (κ3) is 4.08. The van der Waals surface area contributed by atoms with Gasteiger partial charge in [-0.3, -0.25) is 15.0 Å². The van der Waals surface area contributed by atoms with Crippen molar-refractivity contribution in [3.05, 3.63) is 59.9 Å². The van der Waals surface area contributed by atoms with E-state index in [1.54, 1.807) is 35.9 Å². The molecule has 0 aliphatic rings. The Kier molecular flexibility index (Phi) is 4.47. The number of hydroxylamine groups is 1. The zero-order chi connectivity index (χ0) is 13.5. The van der Waals surface area contributed by atoms with Crippen LogP contribution in [0.1, 0.15) is 11.3 Å². The Labute approximate surface area is 110 Å². The molecule has 1 heterocycles. The lowest BCUT2D eigenvalue weighted by molar-refractivity contribution is -0.128. The van der Waals surface area contributed by atoms with Crippen LogP contribution in [0, 0.1) is 0 Å². The number of nitrogens with zero attached hydrogens (tertiary/aromatic N) is 1. The highest BCUT2D eigenvalue weighted by Crippen LogP contribution is 2.14. The molecule has 5 heteroatoms. The van der Waals surface area contributed by atoms with Gasteiger partial charge in [-0.2, -0.15) is 0 Å². The lowest BCUT2D eigenvalue weighted by Gasteiger charge is -2.06. The van der Waals surface area contributed by atoms with E-state index in [0.29, 0.717) is 12.4 Å². The number of hydrogen-bond acceptors (Lipinski definition) is 4. The molecule has 19 heavy (non-hydrogen) atoms. The van der Waals surface area contributed by atoms with E-state index in [1.807, 2.05) is 18.2 Å². The molecule has 98 valence electrons. The number of rotatable bonds is 5. The summed E-state index contributed by atoms with van der Waals surface area (Å²) in [5, 5.41) is 8.43. The number of pyridine rings is 1. The molecule has 0 aliphatic heterocycles. The first-order chi connectivity index (χ1) is 9.28. The Hall–Kier alpha value is -2.40. The summed E-state index contributed by atoms with van der Waals surface area (Å²) >= 11 is 0. The van der Waals surface area contributed by atoms with E-state index in [2.05, 4.69) is 4.98 Å². The number of aromatic nitrogens is 1. The van der Waals surface area contributed by atoms with Crippen molar-refractivity contribution < 1.29 is 14.7 Å². The third-order valence-corrected chi connectivity index (χ3v) is 2.53. The van der Waals surface area contributed by atoms with E-state index in [1.165, 1.54) is 0 Å². The fourth-order valence-corrected chi connectivity index (χ4v) is 1.57. The summed E-state index contributed by atoms with van der Waals surface area (Å²) in [5.74, 6) is 0.265. The van der Waals surface area contributed by atoms with Crippen molar-refractivity contribution in [3.8, 4) is 5.75 Å². The number of amides is 1. The second kappa shape index (κ2) is 6.51. The summed E-state index contributed by atoms with van der Waals surface area (Å²) in [5.41, 5.74) is 3.25. The Morgan fingerprint density at radius 1 is 1.21 bits per heavy atom. The van der Waals surface area contributed by atoms with Crippen LogP contribution in [0.4, 0.5) is 0 Å². The summed E-state index contributed by atoms with van der Waals surface area (Å²) in [6.07, 6.45) is 1.85. The first-order valence-electron chi connectivity index (χ1n) is 5.82. The molecule has 0 atom stereocenters. The van der Waals surface area contributed by atoms with E-state index >= 15 is 0 Å².